The third-order valence-electron chi connectivity index (χ3n) is 5.59. The molecule has 0 atom stereocenters. The van der Waals surface area contributed by atoms with Crippen molar-refractivity contribution in [2.45, 2.75) is 39.0 Å². The molecule has 0 radical (unpaired) electrons. The lowest BCUT2D eigenvalue weighted by Gasteiger charge is -2.23. The quantitative estimate of drug-likeness (QED) is 0.650. The molecule has 0 bridgehead atoms. The van der Waals surface area contributed by atoms with Gasteiger partial charge < -0.3 is 9.80 Å². The van der Waals surface area contributed by atoms with Crippen LogP contribution in [0.4, 0.5) is 5.69 Å². The number of hydrogen-bond donors (Lipinski definition) is 0. The number of carbonyl (C=O) groups excluding carboxylic acids is 2. The molecule has 5 heteroatoms. The third kappa shape index (κ3) is 5.70. The zero-order valence-electron chi connectivity index (χ0n) is 17.6. The van der Waals surface area contributed by atoms with Gasteiger partial charge in [0.05, 0.1) is 11.6 Å². The van der Waals surface area contributed by atoms with Crippen LogP contribution in [0, 0.1) is 11.3 Å². The number of amides is 1. The molecule has 5 nitrogen and oxygen atoms in total. The van der Waals surface area contributed by atoms with Crippen LogP contribution in [0.5, 0.6) is 0 Å². The summed E-state index contributed by atoms with van der Waals surface area (Å²) >= 11 is 0. The second-order valence-electron chi connectivity index (χ2n) is 7.75. The highest BCUT2D eigenvalue weighted by Crippen LogP contribution is 2.18. The summed E-state index contributed by atoms with van der Waals surface area (Å²) in [6.45, 7) is 5.13. The molecule has 0 saturated carbocycles. The molecule has 0 aromatic heterocycles. The van der Waals surface area contributed by atoms with Gasteiger partial charge in [-0.2, -0.15) is 5.26 Å². The summed E-state index contributed by atoms with van der Waals surface area (Å²) in [5.41, 5.74) is 3.65. The highest BCUT2D eigenvalue weighted by Gasteiger charge is 2.20. The van der Waals surface area contributed by atoms with Gasteiger partial charge in [0.1, 0.15) is 0 Å². The van der Waals surface area contributed by atoms with E-state index in [1.807, 2.05) is 53.4 Å². The molecular formula is C25H29N3O2. The fourth-order valence-corrected chi connectivity index (χ4v) is 3.84. The summed E-state index contributed by atoms with van der Waals surface area (Å²) in [6, 6.07) is 17.5. The van der Waals surface area contributed by atoms with E-state index in [9.17, 15) is 9.59 Å². The van der Waals surface area contributed by atoms with E-state index in [0.717, 1.165) is 38.0 Å². The van der Waals surface area contributed by atoms with Crippen LogP contribution in [0.2, 0.25) is 0 Å². The van der Waals surface area contributed by atoms with Gasteiger partial charge in [-0.25, -0.2) is 0 Å². The second-order valence-corrected chi connectivity index (χ2v) is 7.75. The molecule has 156 valence electrons. The number of carbonyl (C=O) groups is 2. The van der Waals surface area contributed by atoms with Gasteiger partial charge in [-0.15, -0.1) is 0 Å². The van der Waals surface area contributed by atoms with Crippen LogP contribution >= 0.6 is 0 Å². The number of benzene rings is 2. The lowest BCUT2D eigenvalue weighted by molar-refractivity contribution is -0.130. The smallest absolute Gasteiger partial charge is 0.223 e. The van der Waals surface area contributed by atoms with Crippen molar-refractivity contribution in [1.82, 2.24) is 4.90 Å². The summed E-state index contributed by atoms with van der Waals surface area (Å²) in [5.74, 6) is 0.0769. The van der Waals surface area contributed by atoms with Crippen LogP contribution in [-0.4, -0.2) is 42.8 Å². The molecular weight excluding hydrogens is 374 g/mol. The van der Waals surface area contributed by atoms with Crippen LogP contribution in [0.15, 0.2) is 48.5 Å². The Morgan fingerprint density at radius 3 is 2.33 bits per heavy atom. The van der Waals surface area contributed by atoms with Gasteiger partial charge in [0, 0.05) is 50.3 Å². The predicted octanol–water partition coefficient (Wildman–Crippen LogP) is 4.21. The van der Waals surface area contributed by atoms with Crippen molar-refractivity contribution in [1.29, 1.82) is 5.26 Å². The Balaban J connectivity index is 1.49. The summed E-state index contributed by atoms with van der Waals surface area (Å²) in [7, 11) is 0. The van der Waals surface area contributed by atoms with Crippen LogP contribution < -0.4 is 4.90 Å². The number of anilines is 1. The average Bonchev–Trinajstić information content (AvgIpc) is 3.04. The van der Waals surface area contributed by atoms with E-state index in [-0.39, 0.29) is 24.5 Å². The number of Topliss-reactive ketones (excluding diaryl/α,β-unsaturated/α-hetero) is 1. The van der Waals surface area contributed by atoms with Crippen molar-refractivity contribution < 1.29 is 9.59 Å². The molecule has 1 aliphatic heterocycles. The second kappa shape index (κ2) is 10.6. The fraction of sp³-hybridized carbons (Fsp3) is 0.400. The van der Waals surface area contributed by atoms with Crippen molar-refractivity contribution in [2.75, 3.05) is 31.1 Å². The Bertz CT molecular complexity index is 897. The van der Waals surface area contributed by atoms with Crippen molar-refractivity contribution in [2.24, 2.45) is 0 Å². The highest BCUT2D eigenvalue weighted by molar-refractivity contribution is 5.98. The van der Waals surface area contributed by atoms with Gasteiger partial charge in [0.15, 0.2) is 5.78 Å². The van der Waals surface area contributed by atoms with E-state index in [0.29, 0.717) is 24.2 Å². The minimum atomic E-state index is 0.0282. The van der Waals surface area contributed by atoms with Crippen molar-refractivity contribution >= 4 is 17.4 Å². The van der Waals surface area contributed by atoms with Gasteiger partial charge in [0.25, 0.3) is 0 Å². The monoisotopic (exact) mass is 403 g/mol. The van der Waals surface area contributed by atoms with E-state index in [4.69, 9.17) is 5.26 Å². The number of rotatable bonds is 7. The Morgan fingerprint density at radius 1 is 0.933 bits per heavy atom. The summed E-state index contributed by atoms with van der Waals surface area (Å²) < 4.78 is 0. The Kier molecular flexibility index (Phi) is 7.62. The predicted molar refractivity (Wildman–Crippen MR) is 119 cm³/mol. The zero-order chi connectivity index (χ0) is 21.3. The Labute approximate surface area is 178 Å². The lowest BCUT2D eigenvalue weighted by Crippen LogP contribution is -2.35. The molecule has 1 aliphatic rings. The van der Waals surface area contributed by atoms with Crippen LogP contribution in [0.25, 0.3) is 0 Å². The van der Waals surface area contributed by atoms with Gasteiger partial charge in [-0.1, -0.05) is 37.6 Å². The molecule has 2 aromatic rings. The SMILES string of the molecule is CCCc1ccc(C(=O)CCC(=O)N2CCCN(c3ccc(C#N)cc3)CC2)cc1. The molecule has 0 unspecified atom stereocenters. The van der Waals surface area contributed by atoms with Crippen LogP contribution in [0.1, 0.15) is 54.1 Å². The van der Waals surface area contributed by atoms with Gasteiger partial charge >= 0.3 is 0 Å². The zero-order valence-corrected chi connectivity index (χ0v) is 17.6. The van der Waals surface area contributed by atoms with E-state index in [1.54, 1.807) is 0 Å². The summed E-state index contributed by atoms with van der Waals surface area (Å²) in [5, 5.41) is 8.94. The lowest BCUT2D eigenvalue weighted by atomic mass is 10.0. The first-order valence-electron chi connectivity index (χ1n) is 10.8. The maximum atomic E-state index is 12.7. The van der Waals surface area contributed by atoms with Crippen LogP contribution in [0.3, 0.4) is 0 Å². The topological polar surface area (TPSA) is 64.4 Å². The van der Waals surface area contributed by atoms with E-state index in [1.165, 1.54) is 5.56 Å². The number of aryl methyl sites for hydroxylation is 1. The highest BCUT2D eigenvalue weighted by atomic mass is 16.2. The molecule has 1 saturated heterocycles. The Morgan fingerprint density at radius 2 is 1.67 bits per heavy atom. The fourth-order valence-electron chi connectivity index (χ4n) is 3.84. The first kappa shape index (κ1) is 21.6. The molecule has 1 fully saturated rings. The maximum Gasteiger partial charge on any atom is 0.223 e. The van der Waals surface area contributed by atoms with Crippen molar-refractivity contribution in [3.63, 3.8) is 0 Å². The minimum Gasteiger partial charge on any atom is -0.370 e. The largest absolute Gasteiger partial charge is 0.370 e. The van der Waals surface area contributed by atoms with Crippen molar-refractivity contribution in [3.05, 3.63) is 65.2 Å². The summed E-state index contributed by atoms with van der Waals surface area (Å²) in [4.78, 5) is 29.3. The van der Waals surface area contributed by atoms with Gasteiger partial charge in [-0.05, 0) is 42.7 Å². The normalized spacial score (nSPS) is 14.1. The first-order chi connectivity index (χ1) is 14.6. The van der Waals surface area contributed by atoms with E-state index < -0.39 is 0 Å². The summed E-state index contributed by atoms with van der Waals surface area (Å²) in [6.07, 6.45) is 3.49. The molecule has 0 spiro atoms. The molecule has 2 aromatic carbocycles. The first-order valence-corrected chi connectivity index (χ1v) is 10.8. The molecule has 3 rings (SSSR count). The molecule has 0 N–H and O–H groups in total. The Hall–Kier alpha value is -3.13. The molecule has 30 heavy (non-hydrogen) atoms. The molecule has 1 amide bonds. The average molecular weight is 404 g/mol. The van der Waals surface area contributed by atoms with E-state index in [2.05, 4.69) is 17.9 Å². The van der Waals surface area contributed by atoms with Gasteiger partial charge in [-0.3, -0.25) is 9.59 Å². The van der Waals surface area contributed by atoms with E-state index >= 15 is 0 Å². The standard InChI is InChI=1S/C25H29N3O2/c1-2-4-20-5-9-22(10-6-20)24(29)13-14-25(30)28-16-3-15-27(17-18-28)23-11-7-21(19-26)8-12-23/h5-12H,2-4,13-18H2,1H3. The molecule has 1 heterocycles. The number of nitriles is 1. The van der Waals surface area contributed by atoms with Crippen molar-refractivity contribution in [3.8, 4) is 6.07 Å². The minimum absolute atomic E-state index is 0.0282. The third-order valence-corrected chi connectivity index (χ3v) is 5.59. The van der Waals surface area contributed by atoms with Gasteiger partial charge in [0.2, 0.25) is 5.91 Å². The number of hydrogen-bond acceptors (Lipinski definition) is 4. The van der Waals surface area contributed by atoms with Crippen LogP contribution in [-0.2, 0) is 11.2 Å². The maximum absolute atomic E-state index is 12.7. The number of nitrogens with zero attached hydrogens (tertiary/aromatic N) is 3. The number of ketones is 1. The molecule has 0 aliphatic carbocycles.